The van der Waals surface area contributed by atoms with Crippen molar-refractivity contribution in [2.75, 3.05) is 26.7 Å². The molecule has 0 bridgehead atoms. The van der Waals surface area contributed by atoms with Crippen LogP contribution in [0.5, 0.6) is 5.75 Å². The summed E-state index contributed by atoms with van der Waals surface area (Å²) >= 11 is 0. The molecule has 0 aliphatic carbocycles. The molecule has 1 aliphatic rings. The fraction of sp³-hybridized carbons (Fsp3) is 0.250. The zero-order chi connectivity index (χ0) is 26.5. The first-order chi connectivity index (χ1) is 18.5. The highest BCUT2D eigenvalue weighted by Crippen LogP contribution is 2.34. The van der Waals surface area contributed by atoms with E-state index in [0.717, 1.165) is 6.54 Å². The molecule has 4 aromatic carbocycles. The molecule has 4 aromatic rings. The Morgan fingerprint density at radius 1 is 0.895 bits per heavy atom. The molecule has 0 unspecified atom stereocenters. The first-order valence-corrected chi connectivity index (χ1v) is 12.9. The lowest BCUT2D eigenvalue weighted by Gasteiger charge is -2.23. The van der Waals surface area contributed by atoms with Gasteiger partial charge in [-0.15, -0.1) is 0 Å². The van der Waals surface area contributed by atoms with Gasteiger partial charge in [-0.05, 0) is 59.0 Å². The van der Waals surface area contributed by atoms with Crippen LogP contribution in [-0.2, 0) is 4.74 Å². The highest BCUT2D eigenvalue weighted by Gasteiger charge is 2.37. The Kier molecular flexibility index (Phi) is 7.70. The molecular weight excluding hydrogens is 476 g/mol. The molecule has 0 spiro atoms. The van der Waals surface area contributed by atoms with Crippen molar-refractivity contribution in [3.8, 4) is 5.75 Å². The summed E-state index contributed by atoms with van der Waals surface area (Å²) in [5.41, 5.74) is 2.89. The quantitative estimate of drug-likeness (QED) is 0.302. The van der Waals surface area contributed by atoms with E-state index < -0.39 is 5.97 Å². The van der Waals surface area contributed by atoms with Crippen LogP contribution in [0.2, 0.25) is 0 Å². The fourth-order valence-corrected chi connectivity index (χ4v) is 5.31. The second kappa shape index (κ2) is 11.5. The molecule has 38 heavy (non-hydrogen) atoms. The van der Waals surface area contributed by atoms with Crippen molar-refractivity contribution in [1.29, 1.82) is 0 Å². The van der Waals surface area contributed by atoms with E-state index in [9.17, 15) is 9.59 Å². The second-order valence-electron chi connectivity index (χ2n) is 9.76. The molecule has 1 N–H and O–H groups in total. The summed E-state index contributed by atoms with van der Waals surface area (Å²) in [6, 6.07) is 31.8. The van der Waals surface area contributed by atoms with Gasteiger partial charge in [0, 0.05) is 31.6 Å². The van der Waals surface area contributed by atoms with Gasteiger partial charge in [0.05, 0.1) is 12.7 Å². The number of carbonyl (C=O) groups is 2. The van der Waals surface area contributed by atoms with Crippen LogP contribution in [0.25, 0.3) is 10.8 Å². The molecule has 194 valence electrons. The van der Waals surface area contributed by atoms with E-state index in [1.54, 1.807) is 29.2 Å². The van der Waals surface area contributed by atoms with Crippen LogP contribution < -0.4 is 10.1 Å². The third-order valence-electron chi connectivity index (χ3n) is 7.38. The van der Waals surface area contributed by atoms with Crippen LogP contribution in [-0.4, -0.2) is 43.7 Å². The lowest BCUT2D eigenvalue weighted by Crippen LogP contribution is -2.33. The van der Waals surface area contributed by atoms with E-state index >= 15 is 0 Å². The molecule has 0 saturated carbocycles. The van der Waals surface area contributed by atoms with Crippen LogP contribution in [0.1, 0.15) is 40.4 Å². The van der Waals surface area contributed by atoms with Gasteiger partial charge in [0.25, 0.3) is 0 Å². The predicted molar refractivity (Wildman–Crippen MR) is 148 cm³/mol. The molecule has 0 radical (unpaired) electrons. The molecule has 1 aliphatic heterocycles. The average molecular weight is 509 g/mol. The number of likely N-dealkylation sites (tertiary alicyclic amines) is 1. The number of nitrogens with zero attached hydrogens (tertiary/aromatic N) is 1. The Labute approximate surface area is 223 Å². The highest BCUT2D eigenvalue weighted by atomic mass is 16.6. The molecule has 0 aromatic heterocycles. The number of nitrogens with one attached hydrogen (secondary N) is 1. The summed E-state index contributed by atoms with van der Waals surface area (Å²) in [7, 11) is 1.33. The van der Waals surface area contributed by atoms with Crippen molar-refractivity contribution in [3.05, 3.63) is 114 Å². The van der Waals surface area contributed by atoms with Crippen LogP contribution in [0.4, 0.5) is 4.79 Å². The van der Waals surface area contributed by atoms with Crippen LogP contribution in [0.15, 0.2) is 97.1 Å². The van der Waals surface area contributed by atoms with Crippen molar-refractivity contribution in [2.45, 2.75) is 18.9 Å². The molecular formula is C32H32N2O4. The van der Waals surface area contributed by atoms with Crippen LogP contribution in [0.3, 0.4) is 0 Å². The Balaban J connectivity index is 1.28. The summed E-state index contributed by atoms with van der Waals surface area (Å²) in [4.78, 5) is 26.6. The smallest absolute Gasteiger partial charge is 0.415 e. The van der Waals surface area contributed by atoms with E-state index in [1.165, 1.54) is 29.0 Å². The summed E-state index contributed by atoms with van der Waals surface area (Å²) in [6.45, 7) is 4.13. The van der Waals surface area contributed by atoms with Gasteiger partial charge in [0.15, 0.2) is 0 Å². The van der Waals surface area contributed by atoms with Gasteiger partial charge in [-0.25, -0.2) is 9.59 Å². The van der Waals surface area contributed by atoms with Crippen LogP contribution >= 0.6 is 0 Å². The van der Waals surface area contributed by atoms with Gasteiger partial charge in [0.1, 0.15) is 5.75 Å². The standard InChI is InChI=1S/C32H32N2O4/c1-22(28-14-8-12-23-11-6-7-13-29(23)28)33-19-26-20-34(21-30(26)24-9-4-3-5-10-24)32(36)38-27-17-15-25(16-18-27)31(35)37-2/h3-18,22,26,30,33H,19-21H2,1-2H3/t22-,26+,30-/m1/s1. The Bertz CT molecular complexity index is 1400. The number of ether oxygens (including phenoxy) is 2. The van der Waals surface area contributed by atoms with Crippen molar-refractivity contribution in [2.24, 2.45) is 5.92 Å². The number of esters is 1. The number of benzene rings is 4. The van der Waals surface area contributed by atoms with Gasteiger partial charge in [0.2, 0.25) is 0 Å². The first kappa shape index (κ1) is 25.5. The number of fused-ring (bicyclic) bond motifs is 1. The summed E-state index contributed by atoms with van der Waals surface area (Å²) in [5, 5.41) is 6.23. The molecule has 6 heteroatoms. The minimum Gasteiger partial charge on any atom is -0.465 e. The van der Waals surface area contributed by atoms with Gasteiger partial charge >= 0.3 is 12.1 Å². The van der Waals surface area contributed by atoms with Gasteiger partial charge in [-0.1, -0.05) is 72.8 Å². The van der Waals surface area contributed by atoms with Crippen LogP contribution in [0, 0.1) is 5.92 Å². The van der Waals surface area contributed by atoms with E-state index in [4.69, 9.17) is 9.47 Å². The van der Waals surface area contributed by atoms with E-state index in [0.29, 0.717) is 24.4 Å². The van der Waals surface area contributed by atoms with Gasteiger partial charge in [-0.3, -0.25) is 0 Å². The maximum Gasteiger partial charge on any atom is 0.415 e. The lowest BCUT2D eigenvalue weighted by molar-refractivity contribution is 0.0600. The molecule has 1 fully saturated rings. The summed E-state index contributed by atoms with van der Waals surface area (Å²) in [6.07, 6.45) is -0.388. The molecule has 1 amide bonds. The molecule has 3 atom stereocenters. The monoisotopic (exact) mass is 508 g/mol. The van der Waals surface area contributed by atoms with Gasteiger partial charge in [-0.2, -0.15) is 0 Å². The minimum atomic E-state index is -0.429. The number of methoxy groups -OCH3 is 1. The zero-order valence-electron chi connectivity index (χ0n) is 21.7. The highest BCUT2D eigenvalue weighted by molar-refractivity contribution is 5.89. The number of rotatable bonds is 7. The normalized spacial score (nSPS) is 17.8. The third kappa shape index (κ3) is 5.55. The average Bonchev–Trinajstić information content (AvgIpc) is 3.40. The van der Waals surface area contributed by atoms with Crippen molar-refractivity contribution < 1.29 is 19.1 Å². The number of hydrogen-bond donors (Lipinski definition) is 1. The Morgan fingerprint density at radius 2 is 1.61 bits per heavy atom. The summed E-state index contributed by atoms with van der Waals surface area (Å²) in [5.74, 6) is 0.382. The minimum absolute atomic E-state index is 0.159. The third-order valence-corrected chi connectivity index (χ3v) is 7.38. The number of amides is 1. The van der Waals surface area contributed by atoms with Crippen molar-refractivity contribution in [3.63, 3.8) is 0 Å². The molecule has 1 heterocycles. The zero-order valence-corrected chi connectivity index (χ0v) is 21.7. The first-order valence-electron chi connectivity index (χ1n) is 12.9. The molecule has 6 nitrogen and oxygen atoms in total. The SMILES string of the molecule is COC(=O)c1ccc(OC(=O)N2C[C@H](CN[C@H](C)c3cccc4ccccc34)[C@@H](c3ccccc3)C2)cc1. The maximum absolute atomic E-state index is 13.1. The Hall–Kier alpha value is -4.16. The van der Waals surface area contributed by atoms with E-state index in [2.05, 4.69) is 66.8 Å². The lowest BCUT2D eigenvalue weighted by atomic mass is 9.88. The van der Waals surface area contributed by atoms with Crippen molar-refractivity contribution >= 4 is 22.8 Å². The molecule has 1 saturated heterocycles. The van der Waals surface area contributed by atoms with E-state index in [-0.39, 0.29) is 24.0 Å². The number of hydrogen-bond acceptors (Lipinski definition) is 5. The van der Waals surface area contributed by atoms with Crippen molar-refractivity contribution in [1.82, 2.24) is 10.2 Å². The van der Waals surface area contributed by atoms with E-state index in [1.807, 2.05) is 18.2 Å². The maximum atomic E-state index is 13.1. The predicted octanol–water partition coefficient (Wildman–Crippen LogP) is 6.19. The number of carbonyl (C=O) groups excluding carboxylic acids is 2. The Morgan fingerprint density at radius 3 is 2.37 bits per heavy atom. The largest absolute Gasteiger partial charge is 0.465 e. The fourth-order valence-electron chi connectivity index (χ4n) is 5.31. The van der Waals surface area contributed by atoms with Gasteiger partial charge < -0.3 is 19.7 Å². The second-order valence-corrected chi connectivity index (χ2v) is 9.76. The molecule has 5 rings (SSSR count). The topological polar surface area (TPSA) is 67.9 Å². The summed E-state index contributed by atoms with van der Waals surface area (Å²) < 4.78 is 10.4.